The average Bonchev–Trinajstić information content (AvgIpc) is 2.44. The van der Waals surface area contributed by atoms with Crippen molar-refractivity contribution in [3.8, 4) is 17.1 Å². The lowest BCUT2D eigenvalue weighted by molar-refractivity contribution is 0.415. The van der Waals surface area contributed by atoms with E-state index < -0.39 is 0 Å². The number of aromatic nitrogens is 2. The van der Waals surface area contributed by atoms with Crippen molar-refractivity contribution in [1.82, 2.24) is 9.97 Å². The number of nitrogen functional groups attached to an aromatic ring is 1. The summed E-state index contributed by atoms with van der Waals surface area (Å²) in [4.78, 5) is 9.04. The van der Waals surface area contributed by atoms with Crippen LogP contribution in [0.1, 0.15) is 19.0 Å². The van der Waals surface area contributed by atoms with Gasteiger partial charge in [0.25, 0.3) is 0 Å². The Morgan fingerprint density at radius 1 is 1.35 bits per heavy atom. The smallest absolute Gasteiger partial charge is 0.163 e. The lowest BCUT2D eigenvalue weighted by Crippen LogP contribution is -2.05. The number of halogens is 2. The molecule has 1 heterocycles. The molecule has 0 saturated carbocycles. The van der Waals surface area contributed by atoms with Gasteiger partial charge >= 0.3 is 0 Å². The number of hydrogen-bond donors (Lipinski definition) is 1. The molecule has 0 unspecified atom stereocenters. The Kier molecular flexibility index (Phi) is 5.20. The molecule has 0 aliphatic carbocycles. The van der Waals surface area contributed by atoms with E-state index in [1.54, 1.807) is 7.11 Å². The maximum atomic E-state index is 6.00. The zero-order valence-electron chi connectivity index (χ0n) is 11.3. The first-order chi connectivity index (χ1) is 9.56. The van der Waals surface area contributed by atoms with Crippen LogP contribution in [0.15, 0.2) is 22.7 Å². The van der Waals surface area contributed by atoms with Gasteiger partial charge in [-0.1, -0.05) is 29.3 Å². The summed E-state index contributed by atoms with van der Waals surface area (Å²) in [6.45, 7) is 2.12. The molecule has 0 aliphatic heterocycles. The number of methoxy groups -OCH3 is 1. The van der Waals surface area contributed by atoms with E-state index in [1.165, 1.54) is 0 Å². The van der Waals surface area contributed by atoms with Gasteiger partial charge in [-0.3, -0.25) is 0 Å². The molecule has 0 aliphatic rings. The summed E-state index contributed by atoms with van der Waals surface area (Å²) in [5.74, 6) is 1.91. The van der Waals surface area contributed by atoms with E-state index in [1.807, 2.05) is 18.2 Å². The van der Waals surface area contributed by atoms with Crippen LogP contribution in [-0.2, 0) is 6.42 Å². The van der Waals surface area contributed by atoms with E-state index >= 15 is 0 Å². The predicted molar refractivity (Wildman–Crippen MR) is 92.8 cm³/mol. The van der Waals surface area contributed by atoms with Crippen molar-refractivity contribution in [2.24, 2.45) is 0 Å². The normalized spacial score (nSPS) is 10.6. The number of anilines is 1. The highest BCUT2D eigenvalue weighted by Gasteiger charge is 2.13. The van der Waals surface area contributed by atoms with Gasteiger partial charge in [0.1, 0.15) is 11.6 Å². The minimum Gasteiger partial charge on any atom is -0.497 e. The fourth-order valence-electron chi connectivity index (χ4n) is 1.84. The second kappa shape index (κ2) is 6.71. The summed E-state index contributed by atoms with van der Waals surface area (Å²) >= 11 is 5.73. The van der Waals surface area contributed by atoms with E-state index in [0.29, 0.717) is 11.6 Å². The molecule has 0 amide bonds. The molecule has 0 bridgehead atoms. The molecular formula is C14H15BrIN3O. The van der Waals surface area contributed by atoms with Crippen LogP contribution in [0.4, 0.5) is 5.82 Å². The van der Waals surface area contributed by atoms with Crippen LogP contribution in [0.25, 0.3) is 11.4 Å². The molecule has 1 aromatic carbocycles. The van der Waals surface area contributed by atoms with Crippen LogP contribution in [0.2, 0.25) is 0 Å². The van der Waals surface area contributed by atoms with Gasteiger partial charge in [0.15, 0.2) is 5.82 Å². The SMILES string of the molecule is CCCc1nc(-c2cc(OC)ccc2Br)nc(N)c1I. The molecule has 2 rings (SSSR count). The summed E-state index contributed by atoms with van der Waals surface area (Å²) in [5.41, 5.74) is 7.88. The quantitative estimate of drug-likeness (QED) is 0.718. The first kappa shape index (κ1) is 15.5. The molecule has 2 aromatic rings. The summed E-state index contributed by atoms with van der Waals surface area (Å²) in [7, 11) is 1.64. The summed E-state index contributed by atoms with van der Waals surface area (Å²) in [5, 5.41) is 0. The van der Waals surface area contributed by atoms with Gasteiger partial charge in [-0.2, -0.15) is 0 Å². The lowest BCUT2D eigenvalue weighted by atomic mass is 10.2. The highest BCUT2D eigenvalue weighted by Crippen LogP contribution is 2.31. The molecule has 1 aromatic heterocycles. The number of benzene rings is 1. The molecule has 0 radical (unpaired) electrons. The Bertz CT molecular complexity index is 634. The number of rotatable bonds is 4. The Morgan fingerprint density at radius 3 is 2.75 bits per heavy atom. The third-order valence-corrected chi connectivity index (χ3v) is 4.71. The largest absolute Gasteiger partial charge is 0.497 e. The lowest BCUT2D eigenvalue weighted by Gasteiger charge is -2.10. The van der Waals surface area contributed by atoms with E-state index in [-0.39, 0.29) is 0 Å². The predicted octanol–water partition coefficient (Wildman–Crippen LogP) is 4.05. The van der Waals surface area contributed by atoms with Gasteiger partial charge in [0.05, 0.1) is 16.4 Å². The van der Waals surface area contributed by atoms with Crippen LogP contribution in [0.3, 0.4) is 0 Å². The van der Waals surface area contributed by atoms with E-state index in [4.69, 9.17) is 10.5 Å². The van der Waals surface area contributed by atoms with Crippen molar-refractivity contribution in [2.45, 2.75) is 19.8 Å². The van der Waals surface area contributed by atoms with Crippen LogP contribution < -0.4 is 10.5 Å². The standard InChI is InChI=1S/C14H15BrIN3O/c1-3-4-11-12(16)13(17)19-14(18-11)9-7-8(20-2)5-6-10(9)15/h5-7H,3-4H2,1-2H3,(H2,17,18,19). The van der Waals surface area contributed by atoms with Crippen molar-refractivity contribution in [3.63, 3.8) is 0 Å². The van der Waals surface area contributed by atoms with Gasteiger partial charge in [-0.05, 0) is 47.2 Å². The Morgan fingerprint density at radius 2 is 2.10 bits per heavy atom. The molecule has 106 valence electrons. The van der Waals surface area contributed by atoms with Crippen molar-refractivity contribution in [2.75, 3.05) is 12.8 Å². The number of aryl methyl sites for hydroxylation is 1. The van der Waals surface area contributed by atoms with E-state index in [9.17, 15) is 0 Å². The number of nitrogens with zero attached hydrogens (tertiary/aromatic N) is 2. The monoisotopic (exact) mass is 447 g/mol. The summed E-state index contributed by atoms with van der Waals surface area (Å²) < 4.78 is 7.11. The summed E-state index contributed by atoms with van der Waals surface area (Å²) in [6.07, 6.45) is 1.91. The van der Waals surface area contributed by atoms with Gasteiger partial charge < -0.3 is 10.5 Å². The van der Waals surface area contributed by atoms with Crippen molar-refractivity contribution in [3.05, 3.63) is 31.9 Å². The fraction of sp³-hybridized carbons (Fsp3) is 0.286. The first-order valence-electron chi connectivity index (χ1n) is 6.22. The van der Waals surface area contributed by atoms with Crippen molar-refractivity contribution >= 4 is 44.3 Å². The maximum absolute atomic E-state index is 6.00. The molecule has 0 spiro atoms. The molecule has 0 fully saturated rings. The maximum Gasteiger partial charge on any atom is 0.163 e. The number of ether oxygens (including phenoxy) is 1. The van der Waals surface area contributed by atoms with Gasteiger partial charge in [0.2, 0.25) is 0 Å². The minimum atomic E-state index is 0.522. The third kappa shape index (κ3) is 3.22. The molecule has 4 nitrogen and oxygen atoms in total. The van der Waals surface area contributed by atoms with Crippen molar-refractivity contribution in [1.29, 1.82) is 0 Å². The molecule has 0 saturated heterocycles. The first-order valence-corrected chi connectivity index (χ1v) is 8.09. The third-order valence-electron chi connectivity index (χ3n) is 2.85. The minimum absolute atomic E-state index is 0.522. The molecule has 0 atom stereocenters. The van der Waals surface area contributed by atoms with Gasteiger partial charge in [0, 0.05) is 10.0 Å². The highest BCUT2D eigenvalue weighted by molar-refractivity contribution is 14.1. The number of nitrogens with two attached hydrogens (primary N) is 1. The fourth-order valence-corrected chi connectivity index (χ4v) is 2.77. The zero-order chi connectivity index (χ0) is 14.7. The Labute approximate surface area is 140 Å². The molecule has 20 heavy (non-hydrogen) atoms. The second-order valence-corrected chi connectivity index (χ2v) is 6.22. The molecular weight excluding hydrogens is 433 g/mol. The van der Waals surface area contributed by atoms with Crippen LogP contribution in [0.5, 0.6) is 5.75 Å². The van der Waals surface area contributed by atoms with E-state index in [0.717, 1.165) is 37.9 Å². The average molecular weight is 448 g/mol. The number of hydrogen-bond acceptors (Lipinski definition) is 4. The van der Waals surface area contributed by atoms with Gasteiger partial charge in [-0.15, -0.1) is 0 Å². The topological polar surface area (TPSA) is 61.0 Å². The molecule has 2 N–H and O–H groups in total. The van der Waals surface area contributed by atoms with E-state index in [2.05, 4.69) is 55.4 Å². The Hall–Kier alpha value is -0.890. The highest BCUT2D eigenvalue weighted by atomic mass is 127. The van der Waals surface area contributed by atoms with Crippen molar-refractivity contribution < 1.29 is 4.74 Å². The molecule has 6 heteroatoms. The summed E-state index contributed by atoms with van der Waals surface area (Å²) in [6, 6.07) is 5.71. The zero-order valence-corrected chi connectivity index (χ0v) is 15.0. The van der Waals surface area contributed by atoms with Crippen LogP contribution in [0, 0.1) is 3.57 Å². The van der Waals surface area contributed by atoms with Crippen LogP contribution in [-0.4, -0.2) is 17.1 Å². The van der Waals surface area contributed by atoms with Gasteiger partial charge in [-0.25, -0.2) is 9.97 Å². The Balaban J connectivity index is 2.57. The van der Waals surface area contributed by atoms with Crippen LogP contribution >= 0.6 is 38.5 Å². The second-order valence-electron chi connectivity index (χ2n) is 4.29.